The summed E-state index contributed by atoms with van der Waals surface area (Å²) in [6.07, 6.45) is 0. The second-order valence-electron chi connectivity index (χ2n) is 2.68. The quantitative estimate of drug-likeness (QED) is 0.762. The van der Waals surface area contributed by atoms with Crippen LogP contribution >= 0.6 is 20.7 Å². The minimum absolute atomic E-state index is 0.440. The number of hydrogen-bond acceptors (Lipinski definition) is 3. The molecule has 0 aliphatic rings. The second-order valence-corrected chi connectivity index (χ2v) is 4.98. The van der Waals surface area contributed by atoms with Crippen LogP contribution in [0.15, 0.2) is 12.1 Å². The maximum absolute atomic E-state index is 5.99. The van der Waals surface area contributed by atoms with Gasteiger partial charge in [-0.3, -0.25) is 0 Å². The van der Waals surface area contributed by atoms with Crippen LogP contribution in [0.3, 0.4) is 0 Å². The van der Waals surface area contributed by atoms with E-state index in [0.29, 0.717) is 27.0 Å². The zero-order valence-corrected chi connectivity index (χ0v) is 11.5. The van der Waals surface area contributed by atoms with E-state index >= 15 is 0 Å². The third-order valence-corrected chi connectivity index (χ3v) is 2.96. The van der Waals surface area contributed by atoms with Gasteiger partial charge in [-0.25, -0.2) is 0 Å². The third-order valence-electron chi connectivity index (χ3n) is 1.77. The topological polar surface area (TPSA) is 27.7 Å². The lowest BCUT2D eigenvalue weighted by Crippen LogP contribution is -2.01. The Balaban J connectivity index is 2.98. The molecule has 0 saturated heterocycles. The lowest BCUT2D eigenvalue weighted by atomic mass is 10.3. The average Bonchev–Trinajstić information content (AvgIpc) is 2.27. The Morgan fingerprint density at radius 2 is 1.73 bits per heavy atom. The summed E-state index contributed by atoms with van der Waals surface area (Å²) in [5.41, 5.74) is 0. The minimum atomic E-state index is -0.641. The smallest absolute Gasteiger partial charge is 0.519 e. The Labute approximate surface area is 107 Å². The van der Waals surface area contributed by atoms with Crippen molar-refractivity contribution in [2.45, 2.75) is 0 Å². The van der Waals surface area contributed by atoms with Gasteiger partial charge in [0.25, 0.3) is 0 Å². The van der Waals surface area contributed by atoms with Crippen molar-refractivity contribution in [1.29, 1.82) is 0 Å². The molecule has 0 N–H and O–H groups in total. The molecule has 3 nitrogen and oxygen atoms in total. The molecule has 80 valence electrons. The Kier molecular flexibility index (Phi) is 5.67. The van der Waals surface area contributed by atoms with E-state index in [9.17, 15) is 0 Å². The molecule has 15 heavy (non-hydrogen) atoms. The summed E-state index contributed by atoms with van der Waals surface area (Å²) in [6.45, 7) is 0. The number of benzene rings is 1. The highest BCUT2D eigenvalue weighted by Gasteiger charge is 2.10. The van der Waals surface area contributed by atoms with Crippen molar-refractivity contribution >= 4 is 39.9 Å². The van der Waals surface area contributed by atoms with Crippen molar-refractivity contribution < 1.29 is 14.2 Å². The highest BCUT2D eigenvalue weighted by atomic mass is 35.5. The Hall–Kier alpha value is -0.0338. The van der Waals surface area contributed by atoms with E-state index in [-0.39, 0.29) is 0 Å². The van der Waals surface area contributed by atoms with Crippen molar-refractivity contribution in [1.82, 2.24) is 0 Å². The summed E-state index contributed by atoms with van der Waals surface area (Å²) >= 11 is 5.35. The lowest BCUT2D eigenvalue weighted by molar-refractivity contribution is 0.363. The number of methoxy groups -OCH3 is 2. The summed E-state index contributed by atoms with van der Waals surface area (Å²) < 4.78 is 16.2. The Morgan fingerprint density at radius 1 is 1.20 bits per heavy atom. The van der Waals surface area contributed by atoms with Gasteiger partial charge in [0.1, 0.15) is 22.3 Å². The number of ether oxygens (including phenoxy) is 3. The molecule has 6 heteroatoms. The van der Waals surface area contributed by atoms with Gasteiger partial charge in [0, 0.05) is 16.9 Å². The molecule has 0 unspecified atom stereocenters. The molecule has 0 aromatic heterocycles. The molecule has 0 atom stereocenters. The monoisotopic (exact) mass is 260 g/mol. The SMILES string of the molecule is COc1cc(O[CH2][Mg][Cl])cc(OC)c1Cl. The van der Waals surface area contributed by atoms with Crippen LogP contribution < -0.4 is 14.2 Å². The number of hydrogen-bond donors (Lipinski definition) is 0. The molecule has 0 heterocycles. The molecule has 1 rings (SSSR count). The summed E-state index contributed by atoms with van der Waals surface area (Å²) in [4.78, 5) is 0. The normalized spacial score (nSPS) is 9.33. The molecule has 0 amide bonds. The second kappa shape index (κ2) is 6.53. The molecule has 0 bridgehead atoms. The van der Waals surface area contributed by atoms with E-state index in [2.05, 4.69) is 0 Å². The van der Waals surface area contributed by atoms with Gasteiger partial charge in [-0.15, -0.1) is 0 Å². The maximum Gasteiger partial charge on any atom is 0.551 e. The van der Waals surface area contributed by atoms with E-state index in [1.807, 2.05) is 0 Å². The highest BCUT2D eigenvalue weighted by Crippen LogP contribution is 2.37. The largest absolute Gasteiger partial charge is 0.551 e. The van der Waals surface area contributed by atoms with Gasteiger partial charge in [0.2, 0.25) is 0 Å². The number of rotatable bonds is 5. The predicted octanol–water partition coefficient (Wildman–Crippen LogP) is 2.55. The van der Waals surface area contributed by atoms with Crippen LogP contribution in [0.4, 0.5) is 0 Å². The lowest BCUT2D eigenvalue weighted by Gasteiger charge is -2.11. The van der Waals surface area contributed by atoms with Crippen LogP contribution in [0, 0.1) is 0 Å². The molecule has 0 spiro atoms. The van der Waals surface area contributed by atoms with Crippen molar-refractivity contribution in [2.75, 3.05) is 19.0 Å². The van der Waals surface area contributed by atoms with Gasteiger partial charge >= 0.3 is 19.3 Å². The molecule has 0 fully saturated rings. The van der Waals surface area contributed by atoms with Crippen molar-refractivity contribution in [2.24, 2.45) is 0 Å². The van der Waals surface area contributed by atoms with E-state index in [1.54, 1.807) is 26.4 Å². The fourth-order valence-electron chi connectivity index (χ4n) is 1.09. The molecule has 0 saturated carbocycles. The van der Waals surface area contributed by atoms with Crippen LogP contribution in [-0.4, -0.2) is 38.2 Å². The van der Waals surface area contributed by atoms with Crippen molar-refractivity contribution in [3.8, 4) is 17.2 Å². The zero-order chi connectivity index (χ0) is 11.3. The summed E-state index contributed by atoms with van der Waals surface area (Å²) in [5.74, 6) is 1.71. The standard InChI is InChI=1S/C9H10ClO3.ClH.Mg/c1-11-6-4-7(12-2)9(10)8(5-6)13-3;;/h4-5H,1H2,2-3H3;1H;/q;;+1/p-1. The van der Waals surface area contributed by atoms with Crippen molar-refractivity contribution in [3.63, 3.8) is 0 Å². The van der Waals surface area contributed by atoms with Gasteiger partial charge in [0.15, 0.2) is 0 Å². The van der Waals surface area contributed by atoms with Gasteiger partial charge in [0.05, 0.1) is 14.2 Å². The van der Waals surface area contributed by atoms with E-state index < -0.39 is 19.3 Å². The predicted molar refractivity (Wildman–Crippen MR) is 61.7 cm³/mol. The average molecular weight is 261 g/mol. The van der Waals surface area contributed by atoms with Gasteiger partial charge in [-0.05, 0) is 0 Å². The summed E-state index contributed by atoms with van der Waals surface area (Å²) in [7, 11) is 8.74. The van der Waals surface area contributed by atoms with E-state index in [4.69, 9.17) is 34.9 Å². The van der Waals surface area contributed by atoms with Crippen molar-refractivity contribution in [3.05, 3.63) is 17.2 Å². The van der Waals surface area contributed by atoms with Gasteiger partial charge < -0.3 is 23.3 Å². The summed E-state index contributed by atoms with van der Waals surface area (Å²) in [5, 5.41) is 0.440. The summed E-state index contributed by atoms with van der Waals surface area (Å²) in [6, 6.07) is 3.43. The van der Waals surface area contributed by atoms with Crippen LogP contribution in [0.1, 0.15) is 0 Å². The maximum atomic E-state index is 5.99. The minimum Gasteiger partial charge on any atom is -0.519 e. The first-order valence-corrected chi connectivity index (χ1v) is 7.84. The van der Waals surface area contributed by atoms with Crippen LogP contribution in [0.5, 0.6) is 17.2 Å². The van der Waals surface area contributed by atoms with E-state index in [0.717, 1.165) is 0 Å². The first-order valence-electron chi connectivity index (χ1n) is 4.33. The first kappa shape index (κ1) is 13.0. The fraction of sp³-hybridized carbons (Fsp3) is 0.333. The van der Waals surface area contributed by atoms with Crippen LogP contribution in [0.25, 0.3) is 0 Å². The molecule has 1 aromatic carbocycles. The molecule has 0 aliphatic carbocycles. The van der Waals surface area contributed by atoms with E-state index in [1.165, 1.54) is 0 Å². The Morgan fingerprint density at radius 3 is 2.13 bits per heavy atom. The molecular formula is C9H10Cl2MgO3. The van der Waals surface area contributed by atoms with Crippen LogP contribution in [-0.2, 0) is 0 Å². The van der Waals surface area contributed by atoms with Gasteiger partial charge in [-0.2, -0.15) is 0 Å². The molecule has 0 radical (unpaired) electrons. The highest BCUT2D eigenvalue weighted by molar-refractivity contribution is 6.93. The fourth-order valence-corrected chi connectivity index (χ4v) is 1.89. The number of halogens is 2. The first-order chi connectivity index (χ1) is 7.22. The molecular weight excluding hydrogens is 251 g/mol. The van der Waals surface area contributed by atoms with Crippen LogP contribution in [0.2, 0.25) is 5.02 Å². The van der Waals surface area contributed by atoms with Gasteiger partial charge in [-0.1, -0.05) is 11.6 Å². The molecule has 0 aliphatic heterocycles. The third kappa shape index (κ3) is 3.48. The Bertz CT molecular complexity index is 308. The molecule has 1 aromatic rings. The zero-order valence-electron chi connectivity index (χ0n) is 8.55.